The molecule has 0 aromatic heterocycles. The highest BCUT2D eigenvalue weighted by atomic mass is 79.9. The van der Waals surface area contributed by atoms with Crippen LogP contribution in [0.1, 0.15) is 18.1 Å². The summed E-state index contributed by atoms with van der Waals surface area (Å²) >= 11 is 3.51. The van der Waals surface area contributed by atoms with Crippen LogP contribution in [0.15, 0.2) is 76.9 Å². The smallest absolute Gasteiger partial charge is 0.329 e. The lowest BCUT2D eigenvalue weighted by Gasteiger charge is -2.14. The van der Waals surface area contributed by atoms with Crippen molar-refractivity contribution in [3.05, 3.63) is 88.0 Å². The van der Waals surface area contributed by atoms with Crippen LogP contribution in [0.3, 0.4) is 0 Å². The average molecular weight is 580 g/mol. The lowest BCUT2D eigenvalue weighted by Crippen LogP contribution is -2.38. The number of imide groups is 1. The number of para-hydroxylation sites is 2. The fourth-order valence-electron chi connectivity index (χ4n) is 3.73. The summed E-state index contributed by atoms with van der Waals surface area (Å²) in [5.74, 6) is 0.313. The second-order valence-electron chi connectivity index (χ2n) is 8.16. The van der Waals surface area contributed by atoms with E-state index < -0.39 is 24.4 Å². The van der Waals surface area contributed by atoms with Crippen LogP contribution in [0.25, 0.3) is 6.08 Å². The number of amides is 4. The van der Waals surface area contributed by atoms with Crippen molar-refractivity contribution < 1.29 is 28.6 Å². The quantitative estimate of drug-likeness (QED) is 0.259. The number of methoxy groups -OCH3 is 1. The summed E-state index contributed by atoms with van der Waals surface area (Å²) in [5.41, 5.74) is 2.06. The molecule has 2 N–H and O–H groups in total. The molecule has 196 valence electrons. The highest BCUT2D eigenvalue weighted by Gasteiger charge is 2.35. The molecule has 1 aliphatic rings. The molecule has 38 heavy (non-hydrogen) atoms. The molecule has 0 atom stereocenters. The Hall–Kier alpha value is -4.31. The number of rotatable bonds is 10. The minimum Gasteiger partial charge on any atom is -0.495 e. The van der Waals surface area contributed by atoms with Crippen molar-refractivity contribution in [3.8, 4) is 17.2 Å². The van der Waals surface area contributed by atoms with Crippen LogP contribution in [0.5, 0.6) is 17.2 Å². The number of ether oxygens (including phenoxy) is 3. The van der Waals surface area contributed by atoms with Crippen molar-refractivity contribution in [2.75, 3.05) is 25.6 Å². The van der Waals surface area contributed by atoms with E-state index in [1.54, 1.807) is 36.4 Å². The largest absolute Gasteiger partial charge is 0.495 e. The number of urea groups is 1. The molecule has 4 amide bonds. The topological polar surface area (TPSA) is 106 Å². The van der Waals surface area contributed by atoms with E-state index in [0.717, 1.165) is 10.5 Å². The molecule has 3 aromatic rings. The molecule has 0 aliphatic carbocycles. The average Bonchev–Trinajstić information content (AvgIpc) is 3.17. The highest BCUT2D eigenvalue weighted by Crippen LogP contribution is 2.35. The van der Waals surface area contributed by atoms with Crippen LogP contribution < -0.4 is 24.8 Å². The summed E-state index contributed by atoms with van der Waals surface area (Å²) in [6, 6.07) is 19.4. The Balaban J connectivity index is 1.49. The zero-order valence-electron chi connectivity index (χ0n) is 20.8. The van der Waals surface area contributed by atoms with Gasteiger partial charge in [0, 0.05) is 4.47 Å². The van der Waals surface area contributed by atoms with Gasteiger partial charge in [-0.25, -0.2) is 9.69 Å². The van der Waals surface area contributed by atoms with Gasteiger partial charge in [-0.3, -0.25) is 9.59 Å². The third-order valence-corrected chi connectivity index (χ3v) is 6.23. The molecule has 1 heterocycles. The maximum Gasteiger partial charge on any atom is 0.329 e. The second-order valence-corrected chi connectivity index (χ2v) is 9.01. The van der Waals surface area contributed by atoms with Crippen LogP contribution in [-0.2, 0) is 16.2 Å². The first-order chi connectivity index (χ1) is 18.4. The number of anilines is 1. The van der Waals surface area contributed by atoms with Gasteiger partial charge in [0.2, 0.25) is 5.91 Å². The van der Waals surface area contributed by atoms with Gasteiger partial charge in [0.05, 0.1) is 19.4 Å². The van der Waals surface area contributed by atoms with Gasteiger partial charge >= 0.3 is 6.03 Å². The van der Waals surface area contributed by atoms with E-state index in [0.29, 0.717) is 46.2 Å². The Labute approximate surface area is 228 Å². The predicted molar refractivity (Wildman–Crippen MR) is 146 cm³/mol. The van der Waals surface area contributed by atoms with E-state index >= 15 is 0 Å². The number of halogens is 1. The highest BCUT2D eigenvalue weighted by molar-refractivity contribution is 9.10. The van der Waals surface area contributed by atoms with Crippen molar-refractivity contribution in [3.63, 3.8) is 0 Å². The predicted octanol–water partition coefficient (Wildman–Crippen LogP) is 4.97. The number of hydrogen-bond acceptors (Lipinski definition) is 6. The van der Waals surface area contributed by atoms with E-state index in [9.17, 15) is 14.4 Å². The third kappa shape index (κ3) is 6.33. The van der Waals surface area contributed by atoms with Gasteiger partial charge in [-0.1, -0.05) is 58.4 Å². The number of carbonyl (C=O) groups is 3. The maximum absolute atomic E-state index is 13.0. The van der Waals surface area contributed by atoms with Crippen LogP contribution in [-0.4, -0.2) is 43.0 Å². The molecule has 0 spiro atoms. The summed E-state index contributed by atoms with van der Waals surface area (Å²) in [4.78, 5) is 38.9. The lowest BCUT2D eigenvalue weighted by atomic mass is 10.1. The zero-order valence-corrected chi connectivity index (χ0v) is 22.4. The molecule has 4 rings (SSSR count). The molecule has 0 bridgehead atoms. The Kier molecular flexibility index (Phi) is 8.65. The first-order valence-corrected chi connectivity index (χ1v) is 12.6. The first kappa shape index (κ1) is 26.7. The lowest BCUT2D eigenvalue weighted by molar-refractivity contribution is -0.127. The van der Waals surface area contributed by atoms with Crippen LogP contribution in [0.2, 0.25) is 0 Å². The fraction of sp³-hybridized carbons (Fsp3) is 0.179. The number of carbonyl (C=O) groups excluding carboxylic acids is 3. The maximum atomic E-state index is 13.0. The molecule has 10 heteroatoms. The van der Waals surface area contributed by atoms with Gasteiger partial charge < -0.3 is 24.8 Å². The van der Waals surface area contributed by atoms with Crippen molar-refractivity contribution in [2.45, 2.75) is 13.5 Å². The van der Waals surface area contributed by atoms with Gasteiger partial charge in [-0.05, 0) is 48.4 Å². The minimum atomic E-state index is -0.694. The van der Waals surface area contributed by atoms with Crippen molar-refractivity contribution in [2.24, 2.45) is 0 Å². The number of benzene rings is 3. The number of nitrogens with zero attached hydrogens (tertiary/aromatic N) is 1. The van der Waals surface area contributed by atoms with Crippen molar-refractivity contribution in [1.29, 1.82) is 0 Å². The number of hydrogen-bond donors (Lipinski definition) is 2. The Bertz CT molecular complexity index is 1380. The van der Waals surface area contributed by atoms with Crippen molar-refractivity contribution >= 4 is 45.5 Å². The van der Waals surface area contributed by atoms with E-state index in [2.05, 4.69) is 26.6 Å². The monoisotopic (exact) mass is 579 g/mol. The van der Waals surface area contributed by atoms with E-state index in [1.165, 1.54) is 13.2 Å². The summed E-state index contributed by atoms with van der Waals surface area (Å²) in [6.45, 7) is 2.16. The van der Waals surface area contributed by atoms with Crippen molar-refractivity contribution in [1.82, 2.24) is 10.2 Å². The van der Waals surface area contributed by atoms with Crippen LogP contribution in [0, 0.1) is 0 Å². The molecule has 1 fully saturated rings. The van der Waals surface area contributed by atoms with Gasteiger partial charge in [0.15, 0.2) is 11.5 Å². The fourth-order valence-corrected chi connectivity index (χ4v) is 4.17. The second kappa shape index (κ2) is 12.3. The molecule has 1 aliphatic heterocycles. The summed E-state index contributed by atoms with van der Waals surface area (Å²) < 4.78 is 17.6. The molecule has 1 saturated heterocycles. The Morgan fingerprint density at radius 3 is 2.45 bits per heavy atom. The van der Waals surface area contributed by atoms with E-state index in [4.69, 9.17) is 14.2 Å². The molecule has 9 nitrogen and oxygen atoms in total. The number of nitrogens with one attached hydrogen (secondary N) is 2. The SMILES string of the molecule is CCOc1cc(/C=C2/NC(=O)N(CC(=O)Nc3ccccc3OC)C2=O)c(Br)cc1OCc1ccccc1. The minimum absolute atomic E-state index is 0.0289. The van der Waals surface area contributed by atoms with Gasteiger partial charge in [-0.2, -0.15) is 0 Å². The molecule has 0 saturated carbocycles. The van der Waals surface area contributed by atoms with E-state index in [-0.39, 0.29) is 5.70 Å². The molecular formula is C28H26BrN3O6. The first-order valence-electron chi connectivity index (χ1n) is 11.8. The van der Waals surface area contributed by atoms with Gasteiger partial charge in [-0.15, -0.1) is 0 Å². The van der Waals surface area contributed by atoms with Gasteiger partial charge in [0.1, 0.15) is 24.6 Å². The third-order valence-electron chi connectivity index (χ3n) is 5.54. The summed E-state index contributed by atoms with van der Waals surface area (Å²) in [7, 11) is 1.48. The molecule has 0 unspecified atom stereocenters. The molecular weight excluding hydrogens is 554 g/mol. The van der Waals surface area contributed by atoms with E-state index in [1.807, 2.05) is 37.3 Å². The zero-order chi connectivity index (χ0) is 27.1. The normalized spacial score (nSPS) is 13.9. The summed E-state index contributed by atoms with van der Waals surface area (Å²) in [6.07, 6.45) is 1.52. The molecule has 0 radical (unpaired) electrons. The van der Waals surface area contributed by atoms with Crippen LogP contribution in [0.4, 0.5) is 10.5 Å². The Morgan fingerprint density at radius 1 is 1.00 bits per heavy atom. The molecule has 3 aromatic carbocycles. The standard InChI is InChI=1S/C28H26BrN3O6/c1-3-37-24-14-19(20(29)15-25(24)38-17-18-9-5-4-6-10-18)13-22-27(34)32(28(35)31-22)16-26(33)30-21-11-7-8-12-23(21)36-2/h4-15H,3,16-17H2,1-2H3,(H,30,33)(H,31,35)/b22-13+. The summed E-state index contributed by atoms with van der Waals surface area (Å²) in [5, 5.41) is 5.19. The van der Waals surface area contributed by atoms with Gasteiger partial charge in [0.25, 0.3) is 5.91 Å². The van der Waals surface area contributed by atoms with Crippen LogP contribution >= 0.6 is 15.9 Å². The Morgan fingerprint density at radius 2 is 1.71 bits per heavy atom.